The quantitative estimate of drug-likeness (QED) is 0.836. The van der Waals surface area contributed by atoms with Gasteiger partial charge in [0.1, 0.15) is 5.60 Å². The predicted molar refractivity (Wildman–Crippen MR) is 84.4 cm³/mol. The molecule has 0 aromatic carbocycles. The van der Waals surface area contributed by atoms with Crippen molar-refractivity contribution in [3.05, 3.63) is 0 Å². The van der Waals surface area contributed by atoms with Crippen LogP contribution in [-0.2, 0) is 4.74 Å². The maximum atomic E-state index is 12.0. The summed E-state index contributed by atoms with van der Waals surface area (Å²) in [5.74, 6) is 0.686. The third kappa shape index (κ3) is 5.83. The summed E-state index contributed by atoms with van der Waals surface area (Å²) in [7, 11) is 0. The van der Waals surface area contributed by atoms with Crippen LogP contribution in [0.1, 0.15) is 46.5 Å². The first-order valence-corrected chi connectivity index (χ1v) is 8.36. The Morgan fingerprint density at radius 2 is 2.00 bits per heavy atom. The molecular formula is C16H31N3O2. The fraction of sp³-hybridized carbons (Fsp3) is 0.938. The number of carbonyl (C=O) groups excluding carboxylic acids is 1. The number of likely N-dealkylation sites (tertiary alicyclic amines) is 1. The van der Waals surface area contributed by atoms with Gasteiger partial charge in [0.25, 0.3) is 0 Å². The van der Waals surface area contributed by atoms with Crippen molar-refractivity contribution in [3.8, 4) is 0 Å². The summed E-state index contributed by atoms with van der Waals surface area (Å²) in [6.45, 7) is 10.7. The number of hydrogen-bond acceptors (Lipinski definition) is 4. The molecule has 21 heavy (non-hydrogen) atoms. The molecule has 0 spiro atoms. The molecular weight excluding hydrogens is 266 g/mol. The van der Waals surface area contributed by atoms with E-state index in [9.17, 15) is 4.79 Å². The van der Waals surface area contributed by atoms with E-state index in [4.69, 9.17) is 4.74 Å². The van der Waals surface area contributed by atoms with Gasteiger partial charge in [-0.2, -0.15) is 0 Å². The van der Waals surface area contributed by atoms with Crippen LogP contribution in [0, 0.1) is 5.92 Å². The largest absolute Gasteiger partial charge is 0.444 e. The molecule has 2 heterocycles. The lowest BCUT2D eigenvalue weighted by molar-refractivity contribution is 0.0183. The lowest BCUT2D eigenvalue weighted by atomic mass is 9.96. The highest BCUT2D eigenvalue weighted by Crippen LogP contribution is 2.19. The summed E-state index contributed by atoms with van der Waals surface area (Å²) >= 11 is 0. The molecule has 2 fully saturated rings. The Hall–Kier alpha value is -0.810. The second-order valence-electron chi connectivity index (χ2n) is 7.36. The van der Waals surface area contributed by atoms with Crippen LogP contribution in [0.5, 0.6) is 0 Å². The molecule has 2 aliphatic heterocycles. The van der Waals surface area contributed by atoms with Crippen LogP contribution in [0.15, 0.2) is 0 Å². The standard InChI is InChI=1S/C16H31N3O2/c1-16(2,3)21-15(20)19-9-6-13(7-10-19)11-18-14-5-4-8-17-12-14/h13-14,17-18H,4-12H2,1-3H3. The zero-order valence-corrected chi connectivity index (χ0v) is 13.8. The summed E-state index contributed by atoms with van der Waals surface area (Å²) < 4.78 is 5.43. The molecule has 0 aliphatic carbocycles. The molecule has 0 saturated carbocycles. The van der Waals surface area contributed by atoms with E-state index in [0.717, 1.165) is 45.6 Å². The smallest absolute Gasteiger partial charge is 0.410 e. The molecule has 122 valence electrons. The van der Waals surface area contributed by atoms with Crippen molar-refractivity contribution >= 4 is 6.09 Å². The monoisotopic (exact) mass is 297 g/mol. The third-order valence-electron chi connectivity index (χ3n) is 4.26. The van der Waals surface area contributed by atoms with E-state index >= 15 is 0 Å². The average molecular weight is 297 g/mol. The summed E-state index contributed by atoms with van der Waals surface area (Å²) in [6, 6.07) is 0.627. The lowest BCUT2D eigenvalue weighted by Crippen LogP contribution is -2.47. The third-order valence-corrected chi connectivity index (χ3v) is 4.26. The maximum Gasteiger partial charge on any atom is 0.410 e. The molecule has 0 aromatic rings. The summed E-state index contributed by atoms with van der Waals surface area (Å²) in [4.78, 5) is 13.9. The van der Waals surface area contributed by atoms with Crippen molar-refractivity contribution in [2.24, 2.45) is 5.92 Å². The van der Waals surface area contributed by atoms with Gasteiger partial charge >= 0.3 is 6.09 Å². The van der Waals surface area contributed by atoms with Gasteiger partial charge < -0.3 is 20.3 Å². The Morgan fingerprint density at radius 1 is 1.29 bits per heavy atom. The number of nitrogens with one attached hydrogen (secondary N) is 2. The predicted octanol–water partition coefficient (Wildman–Crippen LogP) is 1.98. The minimum Gasteiger partial charge on any atom is -0.444 e. The van der Waals surface area contributed by atoms with Gasteiger partial charge in [0.2, 0.25) is 0 Å². The van der Waals surface area contributed by atoms with Crippen LogP contribution in [0.3, 0.4) is 0 Å². The van der Waals surface area contributed by atoms with Crippen LogP contribution in [0.25, 0.3) is 0 Å². The van der Waals surface area contributed by atoms with E-state index in [0.29, 0.717) is 12.0 Å². The van der Waals surface area contributed by atoms with E-state index in [1.807, 2.05) is 25.7 Å². The number of carbonyl (C=O) groups is 1. The SMILES string of the molecule is CC(C)(C)OC(=O)N1CCC(CNC2CCCNC2)CC1. The van der Waals surface area contributed by atoms with Crippen LogP contribution in [-0.4, -0.2) is 55.4 Å². The molecule has 1 amide bonds. The molecule has 1 unspecified atom stereocenters. The van der Waals surface area contributed by atoms with Gasteiger partial charge in [-0.15, -0.1) is 0 Å². The van der Waals surface area contributed by atoms with Gasteiger partial charge in [-0.05, 0) is 65.5 Å². The van der Waals surface area contributed by atoms with Crippen LogP contribution in [0.4, 0.5) is 4.79 Å². The Balaban J connectivity index is 1.64. The van der Waals surface area contributed by atoms with Gasteiger partial charge in [0, 0.05) is 25.7 Å². The second kappa shape index (κ2) is 7.45. The van der Waals surface area contributed by atoms with E-state index in [1.54, 1.807) is 0 Å². The highest BCUT2D eigenvalue weighted by molar-refractivity contribution is 5.68. The summed E-state index contributed by atoms with van der Waals surface area (Å²) in [6.07, 6.45) is 4.54. The van der Waals surface area contributed by atoms with Gasteiger partial charge in [-0.25, -0.2) is 4.79 Å². The van der Waals surface area contributed by atoms with Gasteiger partial charge in [-0.3, -0.25) is 0 Å². The van der Waals surface area contributed by atoms with Crippen LogP contribution in [0.2, 0.25) is 0 Å². The number of nitrogens with zero attached hydrogens (tertiary/aromatic N) is 1. The molecule has 2 aliphatic rings. The van der Waals surface area contributed by atoms with Gasteiger partial charge in [0.15, 0.2) is 0 Å². The zero-order valence-electron chi connectivity index (χ0n) is 13.8. The number of ether oxygens (including phenoxy) is 1. The van der Waals surface area contributed by atoms with Crippen LogP contribution >= 0.6 is 0 Å². The minimum atomic E-state index is -0.399. The Morgan fingerprint density at radius 3 is 2.57 bits per heavy atom. The average Bonchev–Trinajstić information content (AvgIpc) is 2.45. The van der Waals surface area contributed by atoms with E-state index in [-0.39, 0.29) is 6.09 Å². The van der Waals surface area contributed by atoms with Crippen molar-refractivity contribution < 1.29 is 9.53 Å². The molecule has 0 bridgehead atoms. The molecule has 2 rings (SSSR count). The van der Waals surface area contributed by atoms with Gasteiger partial charge in [0.05, 0.1) is 0 Å². The molecule has 0 aromatic heterocycles. The molecule has 5 nitrogen and oxygen atoms in total. The first-order valence-electron chi connectivity index (χ1n) is 8.36. The minimum absolute atomic E-state index is 0.162. The van der Waals surface area contributed by atoms with Crippen molar-refractivity contribution in [1.82, 2.24) is 15.5 Å². The molecule has 2 saturated heterocycles. The Labute approximate surface area is 128 Å². The number of amides is 1. The van der Waals surface area contributed by atoms with E-state index < -0.39 is 5.60 Å². The molecule has 1 atom stereocenters. The first-order chi connectivity index (χ1) is 9.94. The van der Waals surface area contributed by atoms with Gasteiger partial charge in [-0.1, -0.05) is 0 Å². The topological polar surface area (TPSA) is 53.6 Å². The Bertz CT molecular complexity index is 327. The van der Waals surface area contributed by atoms with Crippen molar-refractivity contribution in [1.29, 1.82) is 0 Å². The normalized spacial score (nSPS) is 24.9. The summed E-state index contributed by atoms with van der Waals surface area (Å²) in [5, 5.41) is 7.11. The Kier molecular flexibility index (Phi) is 5.88. The lowest BCUT2D eigenvalue weighted by Gasteiger charge is -2.34. The van der Waals surface area contributed by atoms with Crippen molar-refractivity contribution in [2.45, 2.75) is 58.1 Å². The second-order valence-corrected chi connectivity index (χ2v) is 7.36. The highest BCUT2D eigenvalue weighted by atomic mass is 16.6. The molecule has 2 N–H and O–H groups in total. The number of rotatable bonds is 3. The highest BCUT2D eigenvalue weighted by Gasteiger charge is 2.27. The van der Waals surface area contributed by atoms with E-state index in [2.05, 4.69) is 10.6 Å². The first kappa shape index (κ1) is 16.6. The number of hydrogen-bond donors (Lipinski definition) is 2. The van der Waals surface area contributed by atoms with Crippen molar-refractivity contribution in [3.63, 3.8) is 0 Å². The fourth-order valence-electron chi connectivity index (χ4n) is 3.01. The number of piperidine rings is 2. The zero-order chi connectivity index (χ0) is 15.3. The molecule has 0 radical (unpaired) electrons. The summed E-state index contributed by atoms with van der Waals surface area (Å²) in [5.41, 5.74) is -0.399. The fourth-order valence-corrected chi connectivity index (χ4v) is 3.01. The maximum absolute atomic E-state index is 12.0. The molecule has 5 heteroatoms. The van der Waals surface area contributed by atoms with Crippen molar-refractivity contribution in [2.75, 3.05) is 32.7 Å². The van der Waals surface area contributed by atoms with E-state index in [1.165, 1.54) is 12.8 Å². The van der Waals surface area contributed by atoms with Crippen LogP contribution < -0.4 is 10.6 Å².